The highest BCUT2D eigenvalue weighted by molar-refractivity contribution is 5.73. The summed E-state index contributed by atoms with van der Waals surface area (Å²) in [5.41, 5.74) is 0.839. The van der Waals surface area contributed by atoms with E-state index in [0.29, 0.717) is 19.5 Å². The molecule has 0 aliphatic carbocycles. The Bertz CT molecular complexity index is 360. The lowest BCUT2D eigenvalue weighted by atomic mass is 10.0. The van der Waals surface area contributed by atoms with Gasteiger partial charge in [-0.05, 0) is 37.2 Å². The second-order valence-corrected chi connectivity index (χ2v) is 3.91. The molecule has 0 spiro atoms. The van der Waals surface area contributed by atoms with E-state index in [0.717, 1.165) is 5.56 Å². The number of hydrogen-bond acceptors (Lipinski definition) is 2. The predicted octanol–water partition coefficient (Wildman–Crippen LogP) is 2.16. The summed E-state index contributed by atoms with van der Waals surface area (Å²) in [5.74, 6) is -1.14. The van der Waals surface area contributed by atoms with E-state index in [4.69, 9.17) is 0 Å². The van der Waals surface area contributed by atoms with Crippen LogP contribution in [0.1, 0.15) is 19.4 Å². The summed E-state index contributed by atoms with van der Waals surface area (Å²) >= 11 is 0. The van der Waals surface area contributed by atoms with Crippen molar-refractivity contribution in [1.82, 2.24) is 4.90 Å². The minimum absolute atomic E-state index is 0.302. The Kier molecular flexibility index (Phi) is 5.10. The van der Waals surface area contributed by atoms with E-state index in [-0.39, 0.29) is 5.82 Å². The van der Waals surface area contributed by atoms with E-state index in [9.17, 15) is 14.3 Å². The molecule has 17 heavy (non-hydrogen) atoms. The predicted molar refractivity (Wildman–Crippen MR) is 64.4 cm³/mol. The van der Waals surface area contributed by atoms with Crippen molar-refractivity contribution < 1.29 is 14.3 Å². The third-order valence-corrected chi connectivity index (χ3v) is 2.88. The zero-order chi connectivity index (χ0) is 12.8. The second kappa shape index (κ2) is 6.35. The van der Waals surface area contributed by atoms with Crippen LogP contribution in [0.3, 0.4) is 0 Å². The number of carboxylic acid groups (broad SMARTS) is 1. The average Bonchev–Trinajstić information content (AvgIpc) is 2.31. The van der Waals surface area contributed by atoms with E-state index >= 15 is 0 Å². The normalized spacial score (nSPS) is 12.7. The summed E-state index contributed by atoms with van der Waals surface area (Å²) in [6.07, 6.45) is 0.400. The molecule has 1 atom stereocenters. The zero-order valence-electron chi connectivity index (χ0n) is 10.2. The fourth-order valence-electron chi connectivity index (χ4n) is 1.88. The standard InChI is InChI=1S/C13H18FNO2/c1-3-15(4-2)12(13(16)17)9-10-5-7-11(14)8-6-10/h5-8,12H,3-4,9H2,1-2H3,(H,16,17). The maximum atomic E-state index is 12.7. The fraction of sp³-hybridized carbons (Fsp3) is 0.462. The van der Waals surface area contributed by atoms with Gasteiger partial charge in [0.1, 0.15) is 11.9 Å². The van der Waals surface area contributed by atoms with Crippen LogP contribution in [0, 0.1) is 5.82 Å². The van der Waals surface area contributed by atoms with Gasteiger partial charge in [-0.3, -0.25) is 9.69 Å². The summed E-state index contributed by atoms with van der Waals surface area (Å²) in [6, 6.07) is 5.44. The smallest absolute Gasteiger partial charge is 0.321 e. The van der Waals surface area contributed by atoms with Crippen molar-refractivity contribution in [2.45, 2.75) is 26.3 Å². The first kappa shape index (κ1) is 13.6. The number of nitrogens with zero attached hydrogens (tertiary/aromatic N) is 1. The van der Waals surface area contributed by atoms with Gasteiger partial charge in [0, 0.05) is 0 Å². The second-order valence-electron chi connectivity index (χ2n) is 3.91. The van der Waals surface area contributed by atoms with Gasteiger partial charge in [0.15, 0.2) is 0 Å². The number of rotatable bonds is 6. The lowest BCUT2D eigenvalue weighted by molar-refractivity contribution is -0.143. The average molecular weight is 239 g/mol. The quantitative estimate of drug-likeness (QED) is 0.827. The molecule has 0 radical (unpaired) electrons. The highest BCUT2D eigenvalue weighted by Gasteiger charge is 2.23. The van der Waals surface area contributed by atoms with Gasteiger partial charge in [-0.2, -0.15) is 0 Å². The largest absolute Gasteiger partial charge is 0.480 e. The lowest BCUT2D eigenvalue weighted by Gasteiger charge is -2.26. The molecule has 1 unspecified atom stereocenters. The van der Waals surface area contributed by atoms with Crippen LogP contribution in [0.5, 0.6) is 0 Å². The van der Waals surface area contributed by atoms with Crippen LogP contribution in [-0.2, 0) is 11.2 Å². The number of carbonyl (C=O) groups is 1. The Morgan fingerprint density at radius 1 is 1.29 bits per heavy atom. The van der Waals surface area contributed by atoms with Gasteiger partial charge in [-0.1, -0.05) is 26.0 Å². The third-order valence-electron chi connectivity index (χ3n) is 2.88. The van der Waals surface area contributed by atoms with Crippen molar-refractivity contribution in [2.75, 3.05) is 13.1 Å². The monoisotopic (exact) mass is 239 g/mol. The third kappa shape index (κ3) is 3.82. The Hall–Kier alpha value is -1.42. The molecule has 1 aromatic rings. The van der Waals surface area contributed by atoms with Crippen LogP contribution in [-0.4, -0.2) is 35.1 Å². The van der Waals surface area contributed by atoms with Crippen LogP contribution < -0.4 is 0 Å². The van der Waals surface area contributed by atoms with Crippen LogP contribution in [0.15, 0.2) is 24.3 Å². The SMILES string of the molecule is CCN(CC)C(Cc1ccc(F)cc1)C(=O)O. The molecule has 0 aromatic heterocycles. The minimum Gasteiger partial charge on any atom is -0.480 e. The molecule has 0 heterocycles. The molecule has 1 rings (SSSR count). The Morgan fingerprint density at radius 2 is 1.82 bits per heavy atom. The van der Waals surface area contributed by atoms with Crippen LogP contribution >= 0.6 is 0 Å². The summed E-state index contributed by atoms with van der Waals surface area (Å²) in [6.45, 7) is 5.25. The molecule has 0 aliphatic heterocycles. The van der Waals surface area contributed by atoms with Gasteiger partial charge in [0.05, 0.1) is 0 Å². The number of aliphatic carboxylic acids is 1. The molecule has 0 aliphatic rings. The molecule has 1 N–H and O–H groups in total. The Balaban J connectivity index is 2.79. The molecule has 0 fully saturated rings. The minimum atomic E-state index is -0.835. The molecule has 0 saturated heterocycles. The molecule has 3 nitrogen and oxygen atoms in total. The van der Waals surface area contributed by atoms with E-state index in [2.05, 4.69) is 0 Å². The maximum Gasteiger partial charge on any atom is 0.321 e. The highest BCUT2D eigenvalue weighted by Crippen LogP contribution is 2.10. The molecular weight excluding hydrogens is 221 g/mol. The van der Waals surface area contributed by atoms with Crippen molar-refractivity contribution in [3.05, 3.63) is 35.6 Å². The first-order valence-corrected chi connectivity index (χ1v) is 5.79. The van der Waals surface area contributed by atoms with Crippen molar-refractivity contribution >= 4 is 5.97 Å². The van der Waals surface area contributed by atoms with Gasteiger partial charge in [-0.15, -0.1) is 0 Å². The number of benzene rings is 1. The Morgan fingerprint density at radius 3 is 2.24 bits per heavy atom. The van der Waals surface area contributed by atoms with Gasteiger partial charge < -0.3 is 5.11 Å². The topological polar surface area (TPSA) is 40.5 Å². The van der Waals surface area contributed by atoms with Crippen molar-refractivity contribution in [1.29, 1.82) is 0 Å². The van der Waals surface area contributed by atoms with Crippen molar-refractivity contribution in [3.8, 4) is 0 Å². The maximum absolute atomic E-state index is 12.7. The van der Waals surface area contributed by atoms with Crippen LogP contribution in [0.4, 0.5) is 4.39 Å². The molecule has 0 amide bonds. The lowest BCUT2D eigenvalue weighted by Crippen LogP contribution is -2.42. The van der Waals surface area contributed by atoms with E-state index in [1.807, 2.05) is 18.7 Å². The number of hydrogen-bond donors (Lipinski definition) is 1. The van der Waals surface area contributed by atoms with Crippen molar-refractivity contribution in [3.63, 3.8) is 0 Å². The van der Waals surface area contributed by atoms with Crippen LogP contribution in [0.25, 0.3) is 0 Å². The zero-order valence-corrected chi connectivity index (χ0v) is 10.2. The molecular formula is C13H18FNO2. The molecule has 4 heteroatoms. The number of halogens is 1. The number of likely N-dealkylation sites (N-methyl/N-ethyl adjacent to an activating group) is 1. The molecule has 94 valence electrons. The molecule has 0 bridgehead atoms. The first-order chi connectivity index (χ1) is 8.08. The first-order valence-electron chi connectivity index (χ1n) is 5.79. The summed E-state index contributed by atoms with van der Waals surface area (Å²) in [4.78, 5) is 13.1. The molecule has 1 aromatic carbocycles. The van der Waals surface area contributed by atoms with E-state index in [1.165, 1.54) is 12.1 Å². The summed E-state index contributed by atoms with van der Waals surface area (Å²) < 4.78 is 12.7. The van der Waals surface area contributed by atoms with Crippen LogP contribution in [0.2, 0.25) is 0 Å². The highest BCUT2D eigenvalue weighted by atomic mass is 19.1. The van der Waals surface area contributed by atoms with Crippen molar-refractivity contribution in [2.24, 2.45) is 0 Å². The Labute approximate surface area is 101 Å². The van der Waals surface area contributed by atoms with E-state index < -0.39 is 12.0 Å². The van der Waals surface area contributed by atoms with Gasteiger partial charge >= 0.3 is 5.97 Å². The fourth-order valence-corrected chi connectivity index (χ4v) is 1.88. The van der Waals surface area contributed by atoms with E-state index in [1.54, 1.807) is 12.1 Å². The number of carboxylic acids is 1. The molecule has 0 saturated carbocycles. The van der Waals surface area contributed by atoms with Gasteiger partial charge in [-0.25, -0.2) is 4.39 Å². The summed E-state index contributed by atoms with van der Waals surface area (Å²) in [7, 11) is 0. The van der Waals surface area contributed by atoms with Gasteiger partial charge in [0.2, 0.25) is 0 Å². The summed E-state index contributed by atoms with van der Waals surface area (Å²) in [5, 5.41) is 9.21. The van der Waals surface area contributed by atoms with Gasteiger partial charge in [0.25, 0.3) is 0 Å².